The van der Waals surface area contributed by atoms with E-state index in [1.165, 1.54) is 12.1 Å². The van der Waals surface area contributed by atoms with Gasteiger partial charge in [-0.05, 0) is 31.5 Å². The molecule has 0 aliphatic heterocycles. The topological polar surface area (TPSA) is 72.3 Å². The summed E-state index contributed by atoms with van der Waals surface area (Å²) in [5.74, 6) is -1.96. The number of hydrogen-bond acceptors (Lipinski definition) is 4. The highest BCUT2D eigenvalue weighted by molar-refractivity contribution is 6.30. The SMILES string of the molecule is Cc1nnc(Oc2ccc(Cl)c(F)c2)c(C(=O)O)c1C. The molecule has 2 rings (SSSR count). The number of nitrogens with zero attached hydrogens (tertiary/aromatic N) is 2. The van der Waals surface area contributed by atoms with Crippen LogP contribution in [0.15, 0.2) is 18.2 Å². The summed E-state index contributed by atoms with van der Waals surface area (Å²) < 4.78 is 18.6. The third-order valence-electron chi connectivity index (χ3n) is 2.74. The highest BCUT2D eigenvalue weighted by Gasteiger charge is 2.19. The van der Waals surface area contributed by atoms with Gasteiger partial charge in [-0.1, -0.05) is 11.6 Å². The molecule has 0 atom stereocenters. The van der Waals surface area contributed by atoms with Gasteiger partial charge in [-0.25, -0.2) is 9.18 Å². The van der Waals surface area contributed by atoms with Crippen LogP contribution in [0.3, 0.4) is 0 Å². The Morgan fingerprint density at radius 3 is 2.65 bits per heavy atom. The number of halogens is 2. The van der Waals surface area contributed by atoms with Crippen molar-refractivity contribution in [3.8, 4) is 11.6 Å². The molecule has 1 heterocycles. The molecule has 0 amide bonds. The monoisotopic (exact) mass is 296 g/mol. The number of aromatic carboxylic acids is 1. The summed E-state index contributed by atoms with van der Waals surface area (Å²) in [6.45, 7) is 3.24. The first-order valence-corrected chi connectivity index (χ1v) is 5.98. The van der Waals surface area contributed by atoms with Crippen molar-refractivity contribution < 1.29 is 19.0 Å². The summed E-state index contributed by atoms with van der Waals surface area (Å²) in [6, 6.07) is 3.76. The minimum Gasteiger partial charge on any atom is -0.477 e. The van der Waals surface area contributed by atoms with Gasteiger partial charge in [0.05, 0.1) is 10.7 Å². The van der Waals surface area contributed by atoms with Crippen LogP contribution in [0.25, 0.3) is 0 Å². The fraction of sp³-hybridized carbons (Fsp3) is 0.154. The molecular weight excluding hydrogens is 287 g/mol. The molecule has 0 aliphatic carbocycles. The Morgan fingerprint density at radius 2 is 2.05 bits per heavy atom. The summed E-state index contributed by atoms with van der Waals surface area (Å²) in [5, 5.41) is 16.6. The maximum Gasteiger partial charge on any atom is 0.341 e. The fourth-order valence-corrected chi connectivity index (χ4v) is 1.68. The first-order valence-electron chi connectivity index (χ1n) is 5.60. The average Bonchev–Trinajstić information content (AvgIpc) is 2.38. The number of carbonyl (C=O) groups is 1. The van der Waals surface area contributed by atoms with Crippen molar-refractivity contribution in [1.82, 2.24) is 10.2 Å². The average molecular weight is 297 g/mol. The molecule has 0 unspecified atom stereocenters. The number of hydrogen-bond donors (Lipinski definition) is 1. The van der Waals surface area contributed by atoms with E-state index in [9.17, 15) is 14.3 Å². The Bertz CT molecular complexity index is 692. The normalized spacial score (nSPS) is 10.4. The lowest BCUT2D eigenvalue weighted by molar-refractivity contribution is 0.0692. The van der Waals surface area contributed by atoms with E-state index in [-0.39, 0.29) is 22.2 Å². The Kier molecular flexibility index (Phi) is 3.85. The predicted molar refractivity (Wildman–Crippen MR) is 69.9 cm³/mol. The number of benzene rings is 1. The molecule has 0 fully saturated rings. The predicted octanol–water partition coefficient (Wildman–Crippen LogP) is 3.38. The van der Waals surface area contributed by atoms with E-state index in [0.717, 1.165) is 6.07 Å². The number of aryl methyl sites for hydroxylation is 1. The van der Waals surface area contributed by atoms with Crippen LogP contribution in [-0.2, 0) is 0 Å². The number of ether oxygens (including phenoxy) is 1. The molecule has 0 spiro atoms. The largest absolute Gasteiger partial charge is 0.477 e. The van der Waals surface area contributed by atoms with E-state index in [2.05, 4.69) is 10.2 Å². The Labute approximate surface area is 119 Å². The summed E-state index contributed by atoms with van der Waals surface area (Å²) in [5.41, 5.74) is 0.821. The van der Waals surface area contributed by atoms with E-state index >= 15 is 0 Å². The molecule has 20 heavy (non-hydrogen) atoms. The number of rotatable bonds is 3. The maximum absolute atomic E-state index is 13.3. The fourth-order valence-electron chi connectivity index (χ4n) is 1.56. The molecule has 0 saturated carbocycles. The first-order chi connectivity index (χ1) is 9.40. The first kappa shape index (κ1) is 14.2. The lowest BCUT2D eigenvalue weighted by Crippen LogP contribution is -2.08. The molecule has 1 N–H and O–H groups in total. The van der Waals surface area contributed by atoms with Crippen LogP contribution in [0.2, 0.25) is 5.02 Å². The minimum atomic E-state index is -1.19. The maximum atomic E-state index is 13.3. The van der Waals surface area contributed by atoms with E-state index in [1.807, 2.05) is 0 Å². The van der Waals surface area contributed by atoms with Crippen molar-refractivity contribution in [2.24, 2.45) is 0 Å². The summed E-state index contributed by atoms with van der Waals surface area (Å²) in [6.07, 6.45) is 0. The second-order valence-electron chi connectivity index (χ2n) is 4.07. The third kappa shape index (κ3) is 2.70. The summed E-state index contributed by atoms with van der Waals surface area (Å²) in [7, 11) is 0. The molecule has 0 radical (unpaired) electrons. The number of aromatic nitrogens is 2. The lowest BCUT2D eigenvalue weighted by Gasteiger charge is -2.10. The van der Waals surface area contributed by atoms with Gasteiger partial charge in [0.15, 0.2) is 0 Å². The van der Waals surface area contributed by atoms with E-state index in [1.54, 1.807) is 13.8 Å². The zero-order chi connectivity index (χ0) is 14.9. The molecule has 5 nitrogen and oxygen atoms in total. The van der Waals surface area contributed by atoms with Crippen LogP contribution < -0.4 is 4.74 Å². The molecule has 7 heteroatoms. The molecular formula is C13H10ClFN2O3. The van der Waals surface area contributed by atoms with Gasteiger partial charge in [0.1, 0.15) is 17.1 Å². The lowest BCUT2D eigenvalue weighted by atomic mass is 10.1. The summed E-state index contributed by atoms with van der Waals surface area (Å²) >= 11 is 5.56. The molecule has 1 aromatic carbocycles. The van der Waals surface area contributed by atoms with Crippen molar-refractivity contribution in [3.63, 3.8) is 0 Å². The van der Waals surface area contributed by atoms with Crippen LogP contribution >= 0.6 is 11.6 Å². The van der Waals surface area contributed by atoms with E-state index in [4.69, 9.17) is 16.3 Å². The second kappa shape index (κ2) is 5.42. The van der Waals surface area contributed by atoms with Gasteiger partial charge < -0.3 is 9.84 Å². The van der Waals surface area contributed by atoms with Crippen molar-refractivity contribution >= 4 is 17.6 Å². The van der Waals surface area contributed by atoms with Crippen molar-refractivity contribution in [3.05, 3.63) is 45.9 Å². The van der Waals surface area contributed by atoms with Crippen LogP contribution in [0, 0.1) is 19.7 Å². The smallest absolute Gasteiger partial charge is 0.341 e. The Morgan fingerprint density at radius 1 is 1.35 bits per heavy atom. The van der Waals surface area contributed by atoms with Crippen LogP contribution in [0.1, 0.15) is 21.6 Å². The second-order valence-corrected chi connectivity index (χ2v) is 4.48. The standard InChI is InChI=1S/C13H10ClFN2O3/c1-6-7(2)16-17-12(11(6)13(18)19)20-8-3-4-9(14)10(15)5-8/h3-5H,1-2H3,(H,18,19). The molecule has 1 aromatic heterocycles. The van der Waals surface area contributed by atoms with Gasteiger partial charge in [0, 0.05) is 6.07 Å². The number of carboxylic acid groups (broad SMARTS) is 1. The minimum absolute atomic E-state index is 0.0537. The van der Waals surface area contributed by atoms with Gasteiger partial charge >= 0.3 is 5.97 Å². The van der Waals surface area contributed by atoms with Gasteiger partial charge in [-0.15, -0.1) is 5.10 Å². The van der Waals surface area contributed by atoms with Gasteiger partial charge in [0.2, 0.25) is 0 Å². The Balaban J connectivity index is 2.45. The van der Waals surface area contributed by atoms with Gasteiger partial charge in [-0.2, -0.15) is 5.10 Å². The molecule has 0 aliphatic rings. The van der Waals surface area contributed by atoms with Crippen LogP contribution in [-0.4, -0.2) is 21.3 Å². The number of carboxylic acids is 1. The quantitative estimate of drug-likeness (QED) is 0.940. The highest BCUT2D eigenvalue weighted by atomic mass is 35.5. The molecule has 0 saturated heterocycles. The van der Waals surface area contributed by atoms with Gasteiger partial charge in [-0.3, -0.25) is 0 Å². The molecule has 2 aromatic rings. The zero-order valence-corrected chi connectivity index (χ0v) is 11.4. The van der Waals surface area contributed by atoms with E-state index in [0.29, 0.717) is 11.3 Å². The molecule has 104 valence electrons. The van der Waals surface area contributed by atoms with Crippen molar-refractivity contribution in [2.75, 3.05) is 0 Å². The van der Waals surface area contributed by atoms with Gasteiger partial charge in [0.25, 0.3) is 5.88 Å². The Hall–Kier alpha value is -2.21. The zero-order valence-electron chi connectivity index (χ0n) is 10.6. The van der Waals surface area contributed by atoms with E-state index < -0.39 is 11.8 Å². The summed E-state index contributed by atoms with van der Waals surface area (Å²) in [4.78, 5) is 11.3. The third-order valence-corrected chi connectivity index (χ3v) is 3.05. The molecule has 0 bridgehead atoms. The van der Waals surface area contributed by atoms with Crippen LogP contribution in [0.4, 0.5) is 4.39 Å². The van der Waals surface area contributed by atoms with Crippen molar-refractivity contribution in [2.45, 2.75) is 13.8 Å². The van der Waals surface area contributed by atoms with Crippen LogP contribution in [0.5, 0.6) is 11.6 Å². The van der Waals surface area contributed by atoms with Crippen molar-refractivity contribution in [1.29, 1.82) is 0 Å². The highest BCUT2D eigenvalue weighted by Crippen LogP contribution is 2.28.